The van der Waals surface area contributed by atoms with Crippen LogP contribution in [0.4, 0.5) is 0 Å². The summed E-state index contributed by atoms with van der Waals surface area (Å²) in [4.78, 5) is 17.1. The molecule has 0 N–H and O–H groups in total. The SMILES string of the molecule is CCOC(=O)c1ccc(-c2cnc(C#Cc3ccc(OC)cc3)s2)cc1. The van der Waals surface area contributed by atoms with E-state index >= 15 is 0 Å². The Kier molecular flexibility index (Phi) is 5.67. The largest absolute Gasteiger partial charge is 0.497 e. The lowest BCUT2D eigenvalue weighted by molar-refractivity contribution is 0.0526. The summed E-state index contributed by atoms with van der Waals surface area (Å²) in [7, 11) is 1.64. The Morgan fingerprint density at radius 3 is 2.46 bits per heavy atom. The van der Waals surface area contributed by atoms with Gasteiger partial charge < -0.3 is 9.47 Å². The van der Waals surface area contributed by atoms with Gasteiger partial charge >= 0.3 is 5.97 Å². The molecule has 0 spiro atoms. The third-order valence-corrected chi connectivity index (χ3v) is 4.55. The maximum atomic E-state index is 11.7. The van der Waals surface area contributed by atoms with Crippen LogP contribution in [0.1, 0.15) is 27.9 Å². The Morgan fingerprint density at radius 2 is 1.81 bits per heavy atom. The van der Waals surface area contributed by atoms with Crippen LogP contribution in [0.5, 0.6) is 5.75 Å². The fourth-order valence-electron chi connectivity index (χ4n) is 2.25. The number of hydrogen-bond donors (Lipinski definition) is 0. The minimum atomic E-state index is -0.311. The smallest absolute Gasteiger partial charge is 0.338 e. The van der Waals surface area contributed by atoms with Gasteiger partial charge in [0.2, 0.25) is 0 Å². The fraction of sp³-hybridized carbons (Fsp3) is 0.143. The first-order valence-electron chi connectivity index (χ1n) is 8.09. The first-order chi connectivity index (χ1) is 12.7. The van der Waals surface area contributed by atoms with Gasteiger partial charge in [-0.3, -0.25) is 0 Å². The van der Waals surface area contributed by atoms with Crippen molar-refractivity contribution in [1.82, 2.24) is 4.98 Å². The number of nitrogens with zero attached hydrogens (tertiary/aromatic N) is 1. The van der Waals surface area contributed by atoms with Gasteiger partial charge in [-0.25, -0.2) is 9.78 Å². The molecular weight excluding hydrogens is 346 g/mol. The predicted octanol–water partition coefficient (Wildman–Crippen LogP) is 4.40. The van der Waals surface area contributed by atoms with E-state index in [2.05, 4.69) is 16.8 Å². The second-order valence-corrected chi connectivity index (χ2v) is 6.34. The first kappa shape index (κ1) is 17.7. The zero-order valence-electron chi connectivity index (χ0n) is 14.5. The van der Waals surface area contributed by atoms with Crippen molar-refractivity contribution in [1.29, 1.82) is 0 Å². The van der Waals surface area contributed by atoms with E-state index in [0.29, 0.717) is 12.2 Å². The molecule has 4 nitrogen and oxygen atoms in total. The Hall–Kier alpha value is -3.10. The van der Waals surface area contributed by atoms with Crippen molar-refractivity contribution in [2.75, 3.05) is 13.7 Å². The highest BCUT2D eigenvalue weighted by Gasteiger charge is 2.08. The molecule has 0 unspecified atom stereocenters. The summed E-state index contributed by atoms with van der Waals surface area (Å²) >= 11 is 1.51. The average Bonchev–Trinajstić information content (AvgIpc) is 3.16. The van der Waals surface area contributed by atoms with Crippen LogP contribution in [0.15, 0.2) is 54.7 Å². The standard InChI is InChI=1S/C21H17NO3S/c1-3-25-21(23)17-9-7-16(8-10-17)19-14-22-20(26-19)13-6-15-4-11-18(24-2)12-5-15/h4-5,7-12,14H,3H2,1-2H3. The number of carbonyl (C=O) groups is 1. The van der Waals surface area contributed by atoms with Gasteiger partial charge in [0.15, 0.2) is 5.01 Å². The highest BCUT2D eigenvalue weighted by molar-refractivity contribution is 7.15. The summed E-state index contributed by atoms with van der Waals surface area (Å²) in [6.45, 7) is 2.16. The second kappa shape index (κ2) is 8.32. The van der Waals surface area contributed by atoms with E-state index in [0.717, 1.165) is 26.8 Å². The van der Waals surface area contributed by atoms with Crippen molar-refractivity contribution in [3.8, 4) is 28.0 Å². The molecule has 3 aromatic rings. The lowest BCUT2D eigenvalue weighted by Crippen LogP contribution is -2.03. The number of thiazole rings is 1. The quantitative estimate of drug-likeness (QED) is 0.509. The van der Waals surface area contributed by atoms with E-state index in [1.165, 1.54) is 11.3 Å². The monoisotopic (exact) mass is 363 g/mol. The maximum absolute atomic E-state index is 11.7. The zero-order valence-corrected chi connectivity index (χ0v) is 15.3. The molecule has 3 rings (SSSR count). The van der Waals surface area contributed by atoms with Crippen LogP contribution in [0.2, 0.25) is 0 Å². The summed E-state index contributed by atoms with van der Waals surface area (Å²) in [5.41, 5.74) is 2.44. The maximum Gasteiger partial charge on any atom is 0.338 e. The summed E-state index contributed by atoms with van der Waals surface area (Å²) in [5, 5.41) is 0.741. The molecule has 0 amide bonds. The highest BCUT2D eigenvalue weighted by atomic mass is 32.1. The first-order valence-corrected chi connectivity index (χ1v) is 8.90. The third kappa shape index (κ3) is 4.29. The van der Waals surface area contributed by atoms with Gasteiger partial charge in [-0.2, -0.15) is 0 Å². The number of ether oxygens (including phenoxy) is 2. The Labute approximate surface area is 156 Å². The molecule has 0 atom stereocenters. The molecule has 0 fully saturated rings. The van der Waals surface area contributed by atoms with Crippen LogP contribution >= 0.6 is 11.3 Å². The summed E-state index contributed by atoms with van der Waals surface area (Å²) in [6, 6.07) is 14.9. The molecule has 0 aliphatic carbocycles. The lowest BCUT2D eigenvalue weighted by atomic mass is 10.1. The minimum absolute atomic E-state index is 0.311. The second-order valence-electron chi connectivity index (χ2n) is 5.31. The van der Waals surface area contributed by atoms with E-state index in [-0.39, 0.29) is 5.97 Å². The lowest BCUT2D eigenvalue weighted by Gasteiger charge is -2.02. The van der Waals surface area contributed by atoms with Crippen molar-refractivity contribution >= 4 is 17.3 Å². The molecule has 0 bridgehead atoms. The van der Waals surface area contributed by atoms with Gasteiger partial charge in [-0.05, 0) is 54.8 Å². The van der Waals surface area contributed by atoms with Crippen molar-refractivity contribution in [3.05, 3.63) is 70.9 Å². The average molecular weight is 363 g/mol. The topological polar surface area (TPSA) is 48.4 Å². The van der Waals surface area contributed by atoms with Crippen LogP contribution in [0.3, 0.4) is 0 Å². The van der Waals surface area contributed by atoms with E-state index < -0.39 is 0 Å². The van der Waals surface area contributed by atoms with E-state index in [9.17, 15) is 4.79 Å². The zero-order chi connectivity index (χ0) is 18.4. The van der Waals surface area contributed by atoms with Crippen molar-refractivity contribution < 1.29 is 14.3 Å². The predicted molar refractivity (Wildman–Crippen MR) is 102 cm³/mol. The normalized spacial score (nSPS) is 9.92. The molecule has 2 aromatic carbocycles. The third-order valence-electron chi connectivity index (χ3n) is 3.59. The molecule has 0 saturated heterocycles. The number of rotatable bonds is 4. The summed E-state index contributed by atoms with van der Waals surface area (Å²) in [5.74, 6) is 6.67. The molecule has 5 heteroatoms. The Bertz CT molecular complexity index is 947. The molecule has 1 aromatic heterocycles. The van der Waals surface area contributed by atoms with Gasteiger partial charge in [0.25, 0.3) is 0 Å². The molecule has 0 aliphatic heterocycles. The van der Waals surface area contributed by atoms with E-state index in [1.807, 2.05) is 36.4 Å². The van der Waals surface area contributed by atoms with Crippen molar-refractivity contribution in [2.45, 2.75) is 6.92 Å². The Morgan fingerprint density at radius 1 is 1.08 bits per heavy atom. The van der Waals surface area contributed by atoms with Crippen LogP contribution < -0.4 is 4.74 Å². The number of methoxy groups -OCH3 is 1. The summed E-state index contributed by atoms with van der Waals surface area (Å²) in [6.07, 6.45) is 1.79. The number of hydrogen-bond acceptors (Lipinski definition) is 5. The van der Waals surface area contributed by atoms with Gasteiger partial charge in [0.05, 0.1) is 24.2 Å². The fourth-order valence-corrected chi connectivity index (χ4v) is 3.03. The van der Waals surface area contributed by atoms with E-state index in [1.54, 1.807) is 32.4 Å². The molecular formula is C21H17NO3S. The number of carbonyl (C=O) groups excluding carboxylic acids is 1. The summed E-state index contributed by atoms with van der Waals surface area (Å²) < 4.78 is 10.1. The molecule has 26 heavy (non-hydrogen) atoms. The number of esters is 1. The van der Waals surface area contributed by atoms with Crippen molar-refractivity contribution in [2.24, 2.45) is 0 Å². The van der Waals surface area contributed by atoms with Crippen LogP contribution in [-0.4, -0.2) is 24.7 Å². The van der Waals surface area contributed by atoms with E-state index in [4.69, 9.17) is 9.47 Å². The van der Waals surface area contributed by atoms with Gasteiger partial charge in [0.1, 0.15) is 5.75 Å². The molecule has 0 radical (unpaired) electrons. The van der Waals surface area contributed by atoms with Gasteiger partial charge in [-0.1, -0.05) is 18.1 Å². The number of aromatic nitrogens is 1. The molecule has 1 heterocycles. The van der Waals surface area contributed by atoms with Crippen LogP contribution in [0.25, 0.3) is 10.4 Å². The highest BCUT2D eigenvalue weighted by Crippen LogP contribution is 2.26. The van der Waals surface area contributed by atoms with Crippen LogP contribution in [0, 0.1) is 11.8 Å². The number of benzene rings is 2. The molecule has 130 valence electrons. The Balaban J connectivity index is 1.73. The molecule has 0 aliphatic rings. The minimum Gasteiger partial charge on any atom is -0.497 e. The van der Waals surface area contributed by atoms with Crippen molar-refractivity contribution in [3.63, 3.8) is 0 Å². The van der Waals surface area contributed by atoms with Crippen LogP contribution in [-0.2, 0) is 4.74 Å². The van der Waals surface area contributed by atoms with Gasteiger partial charge in [-0.15, -0.1) is 11.3 Å². The van der Waals surface area contributed by atoms with Gasteiger partial charge in [0, 0.05) is 11.8 Å². The molecule has 0 saturated carbocycles.